The second-order valence-corrected chi connectivity index (χ2v) is 9.07. The Bertz CT molecular complexity index is 1080. The van der Waals surface area contributed by atoms with Gasteiger partial charge in [0.15, 0.2) is 0 Å². The molecule has 1 aliphatic rings. The standard InChI is InChI=1S/C26H28ClN3O2/c1-17(2)19-8-5-18(6-9-19)7-14-23-22(25(31)32)16-28-26(29-23)30-15-3-4-24(30)20-10-12-21(27)13-11-20/h5-6,8-13,16-17,24H,3-4,7,14-15H2,1-2H3,(H,31,32)/t24-/m0/s1. The zero-order valence-electron chi connectivity index (χ0n) is 18.5. The number of aromatic carboxylic acids is 1. The van der Waals surface area contributed by atoms with Crippen LogP contribution in [0.2, 0.25) is 5.02 Å². The molecule has 166 valence electrons. The molecule has 1 N–H and O–H groups in total. The first-order valence-electron chi connectivity index (χ1n) is 11.1. The molecule has 1 aliphatic heterocycles. The molecule has 6 heteroatoms. The zero-order valence-corrected chi connectivity index (χ0v) is 19.2. The molecule has 0 amide bonds. The summed E-state index contributed by atoms with van der Waals surface area (Å²) in [6, 6.07) is 16.6. The Morgan fingerprint density at radius 2 is 1.84 bits per heavy atom. The van der Waals surface area contributed by atoms with Crippen LogP contribution in [0.3, 0.4) is 0 Å². The first kappa shape index (κ1) is 22.3. The Labute approximate surface area is 194 Å². The molecule has 1 saturated heterocycles. The normalized spacial score (nSPS) is 16.0. The monoisotopic (exact) mass is 449 g/mol. The quantitative estimate of drug-likeness (QED) is 0.473. The van der Waals surface area contributed by atoms with Crippen molar-refractivity contribution in [2.45, 2.75) is 51.5 Å². The van der Waals surface area contributed by atoms with Gasteiger partial charge in [0.1, 0.15) is 0 Å². The maximum absolute atomic E-state index is 11.8. The molecule has 0 aliphatic carbocycles. The van der Waals surface area contributed by atoms with Gasteiger partial charge in [0.25, 0.3) is 0 Å². The second kappa shape index (κ2) is 9.70. The highest BCUT2D eigenvalue weighted by Gasteiger charge is 2.29. The molecule has 5 nitrogen and oxygen atoms in total. The summed E-state index contributed by atoms with van der Waals surface area (Å²) >= 11 is 6.05. The Morgan fingerprint density at radius 1 is 1.12 bits per heavy atom. The van der Waals surface area contributed by atoms with Crippen LogP contribution in [0, 0.1) is 0 Å². The first-order valence-corrected chi connectivity index (χ1v) is 11.5. The van der Waals surface area contributed by atoms with Gasteiger partial charge in [-0.3, -0.25) is 0 Å². The highest BCUT2D eigenvalue weighted by atomic mass is 35.5. The lowest BCUT2D eigenvalue weighted by molar-refractivity contribution is 0.0694. The third-order valence-electron chi connectivity index (χ3n) is 6.15. The maximum atomic E-state index is 11.8. The summed E-state index contributed by atoms with van der Waals surface area (Å²) in [7, 11) is 0. The van der Waals surface area contributed by atoms with Crippen LogP contribution >= 0.6 is 11.6 Å². The van der Waals surface area contributed by atoms with E-state index in [9.17, 15) is 9.90 Å². The number of aromatic nitrogens is 2. The van der Waals surface area contributed by atoms with E-state index in [2.05, 4.69) is 48.0 Å². The average molecular weight is 450 g/mol. The fourth-order valence-corrected chi connectivity index (χ4v) is 4.41. The van der Waals surface area contributed by atoms with Crippen LogP contribution in [0.5, 0.6) is 0 Å². The fourth-order valence-electron chi connectivity index (χ4n) is 4.28. The molecule has 2 heterocycles. The van der Waals surface area contributed by atoms with E-state index in [4.69, 9.17) is 16.6 Å². The lowest BCUT2D eigenvalue weighted by Gasteiger charge is -2.25. The van der Waals surface area contributed by atoms with Gasteiger partial charge in [-0.2, -0.15) is 0 Å². The molecule has 0 saturated carbocycles. The summed E-state index contributed by atoms with van der Waals surface area (Å²) < 4.78 is 0. The van der Waals surface area contributed by atoms with E-state index < -0.39 is 5.97 Å². The maximum Gasteiger partial charge on any atom is 0.339 e. The fraction of sp³-hybridized carbons (Fsp3) is 0.346. The predicted octanol–water partition coefficient (Wildman–Crippen LogP) is 6.08. The van der Waals surface area contributed by atoms with Gasteiger partial charge in [-0.05, 0) is 60.4 Å². The van der Waals surface area contributed by atoms with E-state index in [0.717, 1.165) is 25.8 Å². The van der Waals surface area contributed by atoms with E-state index in [1.807, 2.05) is 24.3 Å². The number of carbonyl (C=O) groups is 1. The Hall–Kier alpha value is -2.92. The van der Waals surface area contributed by atoms with Gasteiger partial charge in [-0.15, -0.1) is 0 Å². The number of carboxylic acid groups (broad SMARTS) is 1. The number of hydrogen-bond donors (Lipinski definition) is 1. The minimum atomic E-state index is -0.989. The zero-order chi connectivity index (χ0) is 22.7. The summed E-state index contributed by atoms with van der Waals surface area (Å²) in [6.45, 7) is 5.19. The van der Waals surface area contributed by atoms with E-state index in [1.165, 1.54) is 22.9 Å². The van der Waals surface area contributed by atoms with Gasteiger partial charge < -0.3 is 10.0 Å². The van der Waals surface area contributed by atoms with Crippen LogP contribution in [0.15, 0.2) is 54.7 Å². The minimum absolute atomic E-state index is 0.166. The number of benzene rings is 2. The largest absolute Gasteiger partial charge is 0.478 e. The third-order valence-corrected chi connectivity index (χ3v) is 6.40. The van der Waals surface area contributed by atoms with Crippen LogP contribution in [0.25, 0.3) is 0 Å². The minimum Gasteiger partial charge on any atom is -0.478 e. The summed E-state index contributed by atoms with van der Waals surface area (Å²) in [5, 5.41) is 10.4. The van der Waals surface area contributed by atoms with E-state index in [-0.39, 0.29) is 11.6 Å². The van der Waals surface area contributed by atoms with Crippen molar-refractivity contribution < 1.29 is 9.90 Å². The summed E-state index contributed by atoms with van der Waals surface area (Å²) in [4.78, 5) is 23.1. The summed E-state index contributed by atoms with van der Waals surface area (Å²) in [5.74, 6) is 0.0936. The number of anilines is 1. The molecule has 2 aromatic carbocycles. The molecule has 32 heavy (non-hydrogen) atoms. The van der Waals surface area contributed by atoms with Crippen LogP contribution in [0.4, 0.5) is 5.95 Å². The number of rotatable bonds is 7. The number of aryl methyl sites for hydroxylation is 2. The Morgan fingerprint density at radius 3 is 2.50 bits per heavy atom. The van der Waals surface area contributed by atoms with Crippen molar-refractivity contribution in [1.82, 2.24) is 9.97 Å². The molecule has 1 atom stereocenters. The van der Waals surface area contributed by atoms with E-state index in [1.54, 1.807) is 0 Å². The molecule has 0 unspecified atom stereocenters. The van der Waals surface area contributed by atoms with E-state index in [0.29, 0.717) is 29.0 Å². The van der Waals surface area contributed by atoms with Gasteiger partial charge in [0.05, 0.1) is 17.3 Å². The molecule has 3 aromatic rings. The number of hydrogen-bond acceptors (Lipinski definition) is 4. The lowest BCUT2D eigenvalue weighted by Crippen LogP contribution is -2.25. The first-order chi connectivity index (χ1) is 15.4. The van der Waals surface area contributed by atoms with Crippen LogP contribution < -0.4 is 4.90 Å². The van der Waals surface area contributed by atoms with Crippen molar-refractivity contribution in [3.8, 4) is 0 Å². The SMILES string of the molecule is CC(C)c1ccc(CCc2nc(N3CCC[C@H]3c3ccc(Cl)cc3)ncc2C(=O)O)cc1. The van der Waals surface area contributed by atoms with Crippen molar-refractivity contribution in [2.24, 2.45) is 0 Å². The number of carboxylic acids is 1. The predicted molar refractivity (Wildman–Crippen MR) is 128 cm³/mol. The molecular weight excluding hydrogens is 422 g/mol. The molecule has 4 rings (SSSR count). The topological polar surface area (TPSA) is 66.3 Å². The molecule has 0 radical (unpaired) electrons. The van der Waals surface area contributed by atoms with Crippen molar-refractivity contribution in [3.63, 3.8) is 0 Å². The van der Waals surface area contributed by atoms with Gasteiger partial charge in [-0.25, -0.2) is 14.8 Å². The Kier molecular flexibility index (Phi) is 6.75. The number of halogens is 1. The van der Waals surface area contributed by atoms with Gasteiger partial charge in [0, 0.05) is 17.8 Å². The molecular formula is C26H28ClN3O2. The molecule has 1 fully saturated rings. The Balaban J connectivity index is 1.57. The lowest BCUT2D eigenvalue weighted by atomic mass is 9.99. The second-order valence-electron chi connectivity index (χ2n) is 8.63. The van der Waals surface area contributed by atoms with Gasteiger partial charge >= 0.3 is 5.97 Å². The summed E-state index contributed by atoms with van der Waals surface area (Å²) in [6.07, 6.45) is 4.78. The highest BCUT2D eigenvalue weighted by molar-refractivity contribution is 6.30. The van der Waals surface area contributed by atoms with Crippen LogP contribution in [0.1, 0.15) is 71.4 Å². The average Bonchev–Trinajstić information content (AvgIpc) is 3.28. The molecule has 0 bridgehead atoms. The molecule has 0 spiro atoms. The van der Waals surface area contributed by atoms with Crippen molar-refractivity contribution in [3.05, 3.63) is 87.7 Å². The van der Waals surface area contributed by atoms with Crippen LogP contribution in [-0.2, 0) is 12.8 Å². The third kappa shape index (κ3) is 4.94. The van der Waals surface area contributed by atoms with E-state index >= 15 is 0 Å². The van der Waals surface area contributed by atoms with Crippen molar-refractivity contribution in [2.75, 3.05) is 11.4 Å². The van der Waals surface area contributed by atoms with Crippen molar-refractivity contribution in [1.29, 1.82) is 0 Å². The summed E-state index contributed by atoms with van der Waals surface area (Å²) in [5.41, 5.74) is 4.40. The van der Waals surface area contributed by atoms with Gasteiger partial charge in [0.2, 0.25) is 5.95 Å². The smallest absolute Gasteiger partial charge is 0.339 e. The highest BCUT2D eigenvalue weighted by Crippen LogP contribution is 2.35. The van der Waals surface area contributed by atoms with Crippen molar-refractivity contribution >= 4 is 23.5 Å². The molecule has 1 aromatic heterocycles. The van der Waals surface area contributed by atoms with Gasteiger partial charge in [-0.1, -0.05) is 61.8 Å². The van der Waals surface area contributed by atoms with Crippen LogP contribution in [-0.4, -0.2) is 27.6 Å². The number of nitrogens with zero attached hydrogens (tertiary/aromatic N) is 3.